The van der Waals surface area contributed by atoms with Gasteiger partial charge in [-0.3, -0.25) is 10.1 Å². The van der Waals surface area contributed by atoms with E-state index in [1.54, 1.807) is 18.5 Å². The molecule has 4 rings (SSSR count). The summed E-state index contributed by atoms with van der Waals surface area (Å²) in [6, 6.07) is 9.28. The largest absolute Gasteiger partial charge is 0.416 e. The molecular weight excluding hydrogens is 377 g/mol. The molecule has 29 heavy (non-hydrogen) atoms. The lowest BCUT2D eigenvalue weighted by molar-refractivity contribution is -0.137. The fourth-order valence-electron chi connectivity index (χ4n) is 4.13. The zero-order chi connectivity index (χ0) is 20.4. The molecule has 1 fully saturated rings. The highest BCUT2D eigenvalue weighted by Crippen LogP contribution is 2.41. The van der Waals surface area contributed by atoms with Crippen LogP contribution in [0.25, 0.3) is 22.4 Å². The van der Waals surface area contributed by atoms with Crippen molar-refractivity contribution in [3.05, 3.63) is 60.0 Å². The first-order chi connectivity index (χ1) is 13.9. The predicted octanol–water partition coefficient (Wildman–Crippen LogP) is 5.53. The number of rotatable bonds is 3. The average Bonchev–Trinajstić information content (AvgIpc) is 3.04. The lowest BCUT2D eigenvalue weighted by Crippen LogP contribution is -2.18. The van der Waals surface area contributed by atoms with Gasteiger partial charge >= 0.3 is 6.18 Å². The van der Waals surface area contributed by atoms with Gasteiger partial charge < -0.3 is 5.73 Å². The Balaban J connectivity index is 1.82. The smallest absolute Gasteiger partial charge is 0.328 e. The van der Waals surface area contributed by atoms with Crippen LogP contribution in [0.3, 0.4) is 0 Å². The van der Waals surface area contributed by atoms with Crippen molar-refractivity contribution < 1.29 is 13.2 Å². The highest BCUT2D eigenvalue weighted by atomic mass is 19.4. The molecule has 3 aromatic rings. The van der Waals surface area contributed by atoms with Crippen molar-refractivity contribution in [3.63, 3.8) is 0 Å². The minimum Gasteiger partial charge on any atom is -0.328 e. The van der Waals surface area contributed by atoms with Crippen LogP contribution in [-0.2, 0) is 6.18 Å². The lowest BCUT2D eigenvalue weighted by Gasteiger charge is -2.16. The van der Waals surface area contributed by atoms with Crippen molar-refractivity contribution in [2.24, 2.45) is 5.73 Å². The van der Waals surface area contributed by atoms with Crippen molar-refractivity contribution in [1.82, 2.24) is 15.2 Å². The third-order valence-electron chi connectivity index (χ3n) is 5.65. The van der Waals surface area contributed by atoms with Gasteiger partial charge in [-0.1, -0.05) is 18.6 Å². The van der Waals surface area contributed by atoms with Gasteiger partial charge in [0.1, 0.15) is 5.69 Å². The number of aromatic nitrogens is 3. The van der Waals surface area contributed by atoms with Crippen LogP contribution in [0.2, 0.25) is 0 Å². The zero-order valence-electron chi connectivity index (χ0n) is 15.9. The molecular formula is C22H23F3N4. The Kier molecular flexibility index (Phi) is 5.41. The van der Waals surface area contributed by atoms with Crippen molar-refractivity contribution in [2.75, 3.05) is 0 Å². The number of halogens is 3. The number of H-pyrrole nitrogens is 1. The van der Waals surface area contributed by atoms with Gasteiger partial charge in [-0.15, -0.1) is 0 Å². The molecule has 4 nitrogen and oxygen atoms in total. The van der Waals surface area contributed by atoms with Crippen LogP contribution in [0.5, 0.6) is 0 Å². The molecule has 0 saturated heterocycles. The first kappa shape index (κ1) is 19.6. The van der Waals surface area contributed by atoms with Gasteiger partial charge in [0.15, 0.2) is 0 Å². The molecule has 1 aliphatic rings. The summed E-state index contributed by atoms with van der Waals surface area (Å²) >= 11 is 0. The molecule has 1 aliphatic carbocycles. The average molecular weight is 400 g/mol. The van der Waals surface area contributed by atoms with E-state index in [-0.39, 0.29) is 12.0 Å². The molecule has 0 unspecified atom stereocenters. The predicted molar refractivity (Wildman–Crippen MR) is 106 cm³/mol. The molecule has 0 aliphatic heterocycles. The summed E-state index contributed by atoms with van der Waals surface area (Å²) in [6.07, 6.45) is 3.84. The van der Waals surface area contributed by atoms with E-state index in [0.717, 1.165) is 61.1 Å². The number of aromatic amines is 1. The first-order valence-electron chi connectivity index (χ1n) is 9.85. The quantitative estimate of drug-likeness (QED) is 0.568. The van der Waals surface area contributed by atoms with E-state index in [1.807, 2.05) is 12.1 Å². The molecule has 152 valence electrons. The van der Waals surface area contributed by atoms with Gasteiger partial charge in [0.05, 0.1) is 5.56 Å². The molecule has 2 heterocycles. The number of hydrogen-bond donors (Lipinski definition) is 2. The monoisotopic (exact) mass is 400 g/mol. The maximum atomic E-state index is 13.2. The number of hydrogen-bond acceptors (Lipinski definition) is 3. The van der Waals surface area contributed by atoms with E-state index < -0.39 is 11.7 Å². The topological polar surface area (TPSA) is 67.6 Å². The highest BCUT2D eigenvalue weighted by Gasteiger charge is 2.31. The maximum absolute atomic E-state index is 13.2. The number of nitrogens with one attached hydrogen (secondary N) is 1. The van der Waals surface area contributed by atoms with E-state index in [4.69, 9.17) is 5.73 Å². The number of pyridine rings is 1. The van der Waals surface area contributed by atoms with Gasteiger partial charge in [0, 0.05) is 41.2 Å². The van der Waals surface area contributed by atoms with E-state index in [2.05, 4.69) is 15.2 Å². The summed E-state index contributed by atoms with van der Waals surface area (Å²) < 4.78 is 39.7. The second kappa shape index (κ2) is 7.99. The van der Waals surface area contributed by atoms with Crippen LogP contribution >= 0.6 is 0 Å². The summed E-state index contributed by atoms with van der Waals surface area (Å²) in [6.45, 7) is 0. The Morgan fingerprint density at radius 1 is 0.966 bits per heavy atom. The van der Waals surface area contributed by atoms with Crippen molar-refractivity contribution >= 4 is 0 Å². The summed E-state index contributed by atoms with van der Waals surface area (Å²) in [7, 11) is 0. The van der Waals surface area contributed by atoms with Gasteiger partial charge in [0.25, 0.3) is 0 Å². The third kappa shape index (κ3) is 4.19. The van der Waals surface area contributed by atoms with E-state index in [1.165, 1.54) is 6.07 Å². The molecule has 1 aromatic carbocycles. The molecule has 1 saturated carbocycles. The highest BCUT2D eigenvalue weighted by molar-refractivity contribution is 5.83. The van der Waals surface area contributed by atoms with Crippen molar-refractivity contribution in [1.29, 1.82) is 0 Å². The maximum Gasteiger partial charge on any atom is 0.416 e. The molecule has 0 spiro atoms. The minimum atomic E-state index is -4.40. The van der Waals surface area contributed by atoms with Crippen LogP contribution in [0.4, 0.5) is 13.2 Å². The molecule has 0 radical (unpaired) electrons. The Bertz CT molecular complexity index is 966. The number of nitrogens with zero attached hydrogens (tertiary/aromatic N) is 2. The molecule has 0 amide bonds. The van der Waals surface area contributed by atoms with Crippen LogP contribution in [0, 0.1) is 0 Å². The van der Waals surface area contributed by atoms with E-state index in [0.29, 0.717) is 11.3 Å². The van der Waals surface area contributed by atoms with Crippen molar-refractivity contribution in [3.8, 4) is 22.4 Å². The molecule has 2 atom stereocenters. The Hall–Kier alpha value is -2.67. The number of nitrogens with two attached hydrogens (primary N) is 1. The summed E-state index contributed by atoms with van der Waals surface area (Å²) in [5.41, 5.74) is 9.15. The fraction of sp³-hybridized carbons (Fsp3) is 0.364. The van der Waals surface area contributed by atoms with Gasteiger partial charge in [0.2, 0.25) is 0 Å². The van der Waals surface area contributed by atoms with Gasteiger partial charge in [-0.25, -0.2) is 0 Å². The van der Waals surface area contributed by atoms with Crippen LogP contribution < -0.4 is 5.73 Å². The lowest BCUT2D eigenvalue weighted by atomic mass is 9.89. The molecule has 2 aromatic heterocycles. The first-order valence-corrected chi connectivity index (χ1v) is 9.85. The molecule has 3 N–H and O–H groups in total. The minimum absolute atomic E-state index is 0.204. The Labute approximate surface area is 167 Å². The molecule has 7 heteroatoms. The second-order valence-electron chi connectivity index (χ2n) is 7.64. The fourth-order valence-corrected chi connectivity index (χ4v) is 4.13. The zero-order valence-corrected chi connectivity index (χ0v) is 15.9. The SMILES string of the molecule is N[C@H]1CCC[C@@H](c2[nH]nc(-c3cccc(C(F)(F)F)c3)c2-c2ccncc2)CC1. The van der Waals surface area contributed by atoms with Crippen LogP contribution in [0.15, 0.2) is 48.8 Å². The normalized spacial score (nSPS) is 20.4. The van der Waals surface area contributed by atoms with Crippen LogP contribution in [-0.4, -0.2) is 21.2 Å². The standard InChI is InChI=1S/C22H23F3N4/c23-22(24,25)17-5-1-4-16(13-17)21-19(14-9-11-27-12-10-14)20(28-29-21)15-3-2-6-18(26)8-7-15/h1,4-5,9-13,15,18H,2-3,6-8,26H2,(H,28,29)/t15-,18+/m1/s1. The Morgan fingerprint density at radius 2 is 1.76 bits per heavy atom. The molecule has 0 bridgehead atoms. The van der Waals surface area contributed by atoms with Crippen LogP contribution in [0.1, 0.15) is 49.3 Å². The van der Waals surface area contributed by atoms with Gasteiger partial charge in [-0.2, -0.15) is 18.3 Å². The van der Waals surface area contributed by atoms with E-state index in [9.17, 15) is 13.2 Å². The van der Waals surface area contributed by atoms with E-state index >= 15 is 0 Å². The second-order valence-corrected chi connectivity index (χ2v) is 7.64. The Morgan fingerprint density at radius 3 is 2.52 bits per heavy atom. The third-order valence-corrected chi connectivity index (χ3v) is 5.65. The number of benzene rings is 1. The summed E-state index contributed by atoms with van der Waals surface area (Å²) in [5, 5.41) is 7.62. The summed E-state index contributed by atoms with van der Waals surface area (Å²) in [4.78, 5) is 4.08. The summed E-state index contributed by atoms with van der Waals surface area (Å²) in [5.74, 6) is 0.249. The number of alkyl halides is 3. The van der Waals surface area contributed by atoms with Gasteiger partial charge in [-0.05, 0) is 55.5 Å². The van der Waals surface area contributed by atoms with Crippen molar-refractivity contribution in [2.45, 2.75) is 50.2 Å².